The van der Waals surface area contributed by atoms with Crippen LogP contribution in [0, 0.1) is 11.2 Å². The number of allylic oxidation sites excluding steroid dienone is 2. The topological polar surface area (TPSA) is 24.1 Å². The number of hydrogen-bond donors (Lipinski definition) is 2. The molecule has 0 aliphatic heterocycles. The zero-order chi connectivity index (χ0) is 15.6. The van der Waals surface area contributed by atoms with Gasteiger partial charge in [-0.25, -0.2) is 4.39 Å². The van der Waals surface area contributed by atoms with Crippen molar-refractivity contribution in [2.45, 2.75) is 53.1 Å². The van der Waals surface area contributed by atoms with E-state index in [1.54, 1.807) is 12.1 Å². The normalized spacial score (nSPS) is 16.5. The molecule has 0 bridgehead atoms. The molecule has 0 fully saturated rings. The van der Waals surface area contributed by atoms with E-state index in [2.05, 4.69) is 38.3 Å². The molecule has 0 saturated heterocycles. The minimum Gasteiger partial charge on any atom is -0.384 e. The van der Waals surface area contributed by atoms with Crippen molar-refractivity contribution in [2.24, 2.45) is 5.41 Å². The highest BCUT2D eigenvalue weighted by Crippen LogP contribution is 2.27. The second kappa shape index (κ2) is 6.27. The number of rotatable bonds is 5. The Morgan fingerprint density at radius 2 is 1.90 bits per heavy atom. The molecule has 1 unspecified atom stereocenters. The molecule has 4 heteroatoms. The van der Waals surface area contributed by atoms with Gasteiger partial charge in [-0.1, -0.05) is 38.4 Å². The second-order valence-corrected chi connectivity index (χ2v) is 7.20. The van der Waals surface area contributed by atoms with Crippen LogP contribution in [0.5, 0.6) is 0 Å². The van der Waals surface area contributed by atoms with Gasteiger partial charge in [0.05, 0.1) is 5.02 Å². The van der Waals surface area contributed by atoms with Gasteiger partial charge in [0, 0.05) is 24.0 Å². The fraction of sp³-hybridized carbons (Fsp3) is 0.529. The van der Waals surface area contributed by atoms with Crippen molar-refractivity contribution in [2.75, 3.05) is 0 Å². The predicted octanol–water partition coefficient (Wildman–Crippen LogP) is 4.60. The van der Waals surface area contributed by atoms with E-state index in [0.717, 1.165) is 18.4 Å². The van der Waals surface area contributed by atoms with E-state index in [9.17, 15) is 4.39 Å². The highest BCUT2D eigenvalue weighted by molar-refractivity contribution is 6.30. The summed E-state index contributed by atoms with van der Waals surface area (Å²) in [6, 6.07) is 5.27. The number of halogens is 2. The minimum absolute atomic E-state index is 0.177. The molecule has 116 valence electrons. The molecular weight excluding hydrogens is 287 g/mol. The number of hydrogen-bond acceptors (Lipinski definition) is 2. The zero-order valence-electron chi connectivity index (χ0n) is 13.2. The fourth-order valence-electron chi connectivity index (χ4n) is 2.07. The first kappa shape index (κ1) is 16.2. The van der Waals surface area contributed by atoms with Gasteiger partial charge >= 0.3 is 0 Å². The van der Waals surface area contributed by atoms with E-state index in [0.29, 0.717) is 12.6 Å². The molecule has 2 nitrogen and oxygen atoms in total. The van der Waals surface area contributed by atoms with Crippen LogP contribution in [0.1, 0.15) is 46.1 Å². The summed E-state index contributed by atoms with van der Waals surface area (Å²) >= 11 is 5.80. The van der Waals surface area contributed by atoms with Gasteiger partial charge in [0.25, 0.3) is 0 Å². The predicted molar refractivity (Wildman–Crippen MR) is 86.6 cm³/mol. The maximum Gasteiger partial charge on any atom is 0.141 e. The van der Waals surface area contributed by atoms with E-state index in [-0.39, 0.29) is 16.3 Å². The Hall–Kier alpha value is -1.22. The van der Waals surface area contributed by atoms with Crippen LogP contribution in [0.2, 0.25) is 5.02 Å². The molecule has 21 heavy (non-hydrogen) atoms. The average molecular weight is 311 g/mol. The van der Waals surface area contributed by atoms with Crippen LogP contribution >= 0.6 is 11.6 Å². The summed E-state index contributed by atoms with van der Waals surface area (Å²) in [4.78, 5) is 0. The molecule has 2 N–H and O–H groups in total. The van der Waals surface area contributed by atoms with Crippen LogP contribution < -0.4 is 10.6 Å². The molecule has 0 saturated carbocycles. The van der Waals surface area contributed by atoms with Crippen molar-refractivity contribution in [1.29, 1.82) is 0 Å². The number of benzene rings is 1. The van der Waals surface area contributed by atoms with Gasteiger partial charge in [-0.15, -0.1) is 0 Å². The van der Waals surface area contributed by atoms with Gasteiger partial charge in [0.1, 0.15) is 5.82 Å². The Bertz CT molecular complexity index is 546. The highest BCUT2D eigenvalue weighted by atomic mass is 35.5. The first-order valence-electron chi connectivity index (χ1n) is 7.43. The van der Waals surface area contributed by atoms with Crippen LogP contribution in [-0.4, -0.2) is 6.04 Å². The van der Waals surface area contributed by atoms with E-state index in [1.165, 1.54) is 17.5 Å². The van der Waals surface area contributed by atoms with Crippen LogP contribution in [0.25, 0.3) is 0 Å². The summed E-state index contributed by atoms with van der Waals surface area (Å²) in [5, 5.41) is 7.20. The van der Waals surface area contributed by atoms with Crippen LogP contribution in [0.4, 0.5) is 4.39 Å². The van der Waals surface area contributed by atoms with Crippen molar-refractivity contribution in [3.05, 3.63) is 46.0 Å². The maximum absolute atomic E-state index is 13.1. The Morgan fingerprint density at radius 3 is 2.43 bits per heavy atom. The van der Waals surface area contributed by atoms with Gasteiger partial charge < -0.3 is 10.6 Å². The Morgan fingerprint density at radius 1 is 1.24 bits per heavy atom. The Labute approximate surface area is 131 Å². The van der Waals surface area contributed by atoms with Crippen molar-refractivity contribution in [3.63, 3.8) is 0 Å². The van der Waals surface area contributed by atoms with Gasteiger partial charge in [-0.2, -0.15) is 0 Å². The van der Waals surface area contributed by atoms with E-state index >= 15 is 0 Å². The molecule has 1 aliphatic rings. The van der Waals surface area contributed by atoms with E-state index in [1.807, 2.05) is 0 Å². The van der Waals surface area contributed by atoms with Gasteiger partial charge in [-0.05, 0) is 42.9 Å². The molecular formula is C17H24ClFN2. The third-order valence-electron chi connectivity index (χ3n) is 4.17. The molecule has 0 radical (unpaired) electrons. The van der Waals surface area contributed by atoms with Gasteiger partial charge in [0.2, 0.25) is 0 Å². The Kier molecular flexibility index (Phi) is 4.82. The summed E-state index contributed by atoms with van der Waals surface area (Å²) in [5.41, 5.74) is 3.78. The van der Waals surface area contributed by atoms with Gasteiger partial charge in [-0.3, -0.25) is 0 Å². The summed E-state index contributed by atoms with van der Waals surface area (Å²) in [7, 11) is 0. The minimum atomic E-state index is -0.371. The molecule has 1 aromatic carbocycles. The molecule has 1 atom stereocenters. The lowest BCUT2D eigenvalue weighted by Gasteiger charge is -2.34. The molecule has 0 amide bonds. The quantitative estimate of drug-likeness (QED) is 0.830. The van der Waals surface area contributed by atoms with Crippen LogP contribution in [0.15, 0.2) is 29.6 Å². The Balaban J connectivity index is 1.93. The number of nitrogens with one attached hydrogen (secondary N) is 2. The third-order valence-corrected chi connectivity index (χ3v) is 4.46. The second-order valence-electron chi connectivity index (χ2n) is 6.79. The lowest BCUT2D eigenvalue weighted by atomic mass is 9.87. The summed E-state index contributed by atoms with van der Waals surface area (Å²) in [6.07, 6.45) is 2.15. The molecule has 0 aromatic heterocycles. The largest absolute Gasteiger partial charge is 0.384 e. The van der Waals surface area contributed by atoms with Crippen LogP contribution in [-0.2, 0) is 6.54 Å². The van der Waals surface area contributed by atoms with Crippen LogP contribution in [0.3, 0.4) is 0 Å². The first-order chi connectivity index (χ1) is 9.77. The van der Waals surface area contributed by atoms with E-state index in [4.69, 9.17) is 11.6 Å². The highest BCUT2D eigenvalue weighted by Gasteiger charge is 2.24. The van der Waals surface area contributed by atoms with Crippen molar-refractivity contribution in [3.8, 4) is 0 Å². The molecule has 2 rings (SSSR count). The summed E-state index contributed by atoms with van der Waals surface area (Å²) in [5.74, 6) is -0.371. The monoisotopic (exact) mass is 310 g/mol. The molecule has 1 aliphatic carbocycles. The maximum atomic E-state index is 13.1. The third kappa shape index (κ3) is 4.13. The first-order valence-corrected chi connectivity index (χ1v) is 7.81. The molecule has 1 aromatic rings. The molecule has 0 heterocycles. The standard InChI is InChI=1S/C17H24ClFN2/c1-11(17(2,3)4)21-16-8-7-15(16)20-10-12-5-6-14(19)13(18)9-12/h5-6,9,11,20-21H,7-8,10H2,1-4H3. The van der Waals surface area contributed by atoms with Crippen molar-refractivity contribution >= 4 is 11.6 Å². The lowest BCUT2D eigenvalue weighted by Crippen LogP contribution is -2.40. The van der Waals surface area contributed by atoms with Crippen molar-refractivity contribution < 1.29 is 4.39 Å². The van der Waals surface area contributed by atoms with Gasteiger partial charge in [0.15, 0.2) is 0 Å². The fourth-order valence-corrected chi connectivity index (χ4v) is 2.27. The van der Waals surface area contributed by atoms with Crippen molar-refractivity contribution in [1.82, 2.24) is 10.6 Å². The summed E-state index contributed by atoms with van der Waals surface area (Å²) in [6.45, 7) is 9.58. The SMILES string of the molecule is CC(NC1=C(NCc2ccc(F)c(Cl)c2)CC1)C(C)(C)C. The zero-order valence-corrected chi connectivity index (χ0v) is 13.9. The van der Waals surface area contributed by atoms with E-state index < -0.39 is 0 Å². The smallest absolute Gasteiger partial charge is 0.141 e. The molecule has 0 spiro atoms. The average Bonchev–Trinajstić information content (AvgIpc) is 2.37. The lowest BCUT2D eigenvalue weighted by molar-refractivity contribution is 0.295. The summed E-state index contributed by atoms with van der Waals surface area (Å²) < 4.78 is 13.1.